The van der Waals surface area contributed by atoms with Crippen molar-refractivity contribution < 1.29 is 4.74 Å². The molecule has 7 heteroatoms. The van der Waals surface area contributed by atoms with E-state index in [-0.39, 0.29) is 10.7 Å². The van der Waals surface area contributed by atoms with E-state index in [0.29, 0.717) is 16.6 Å². The molecular formula is C18H17ClN4O2. The Bertz CT molecular complexity index is 979. The molecule has 0 atom stereocenters. The van der Waals surface area contributed by atoms with Gasteiger partial charge in [-0.3, -0.25) is 4.79 Å². The van der Waals surface area contributed by atoms with Crippen molar-refractivity contribution in [1.29, 1.82) is 0 Å². The zero-order valence-corrected chi connectivity index (χ0v) is 14.5. The first-order valence-corrected chi connectivity index (χ1v) is 8.46. The lowest BCUT2D eigenvalue weighted by Gasteiger charge is -2.28. The van der Waals surface area contributed by atoms with Gasteiger partial charge in [-0.05, 0) is 18.2 Å². The van der Waals surface area contributed by atoms with Crippen LogP contribution < -0.4 is 10.5 Å². The minimum absolute atomic E-state index is 0.179. The molecule has 2 aromatic heterocycles. The average molecular weight is 357 g/mol. The molecule has 0 N–H and O–H groups in total. The summed E-state index contributed by atoms with van der Waals surface area (Å²) < 4.78 is 6.78. The molecule has 3 heterocycles. The van der Waals surface area contributed by atoms with Crippen LogP contribution in [0.15, 0.2) is 41.5 Å². The molecule has 0 aliphatic carbocycles. The molecule has 0 amide bonds. The van der Waals surface area contributed by atoms with Gasteiger partial charge in [-0.2, -0.15) is 0 Å². The Morgan fingerprint density at radius 3 is 2.60 bits per heavy atom. The number of ether oxygens (including phenoxy) is 1. The third kappa shape index (κ3) is 2.99. The number of hydrogen-bond donors (Lipinski definition) is 0. The number of hydrogen-bond acceptors (Lipinski definition) is 5. The maximum Gasteiger partial charge on any atom is 0.264 e. The number of halogens is 1. The zero-order valence-electron chi connectivity index (χ0n) is 13.8. The monoisotopic (exact) mass is 356 g/mol. The van der Waals surface area contributed by atoms with Gasteiger partial charge in [0.25, 0.3) is 5.56 Å². The maximum atomic E-state index is 12.2. The van der Waals surface area contributed by atoms with E-state index in [0.717, 1.165) is 37.6 Å². The molecule has 1 fully saturated rings. The van der Waals surface area contributed by atoms with Gasteiger partial charge < -0.3 is 14.2 Å². The molecule has 1 aliphatic rings. The van der Waals surface area contributed by atoms with E-state index < -0.39 is 0 Å². The summed E-state index contributed by atoms with van der Waals surface area (Å²) >= 11 is 6.26. The van der Waals surface area contributed by atoms with Crippen LogP contribution in [0.2, 0.25) is 5.15 Å². The first kappa shape index (κ1) is 16.1. The summed E-state index contributed by atoms with van der Waals surface area (Å²) in [5, 5.41) is 0.527. The van der Waals surface area contributed by atoms with Gasteiger partial charge >= 0.3 is 0 Å². The van der Waals surface area contributed by atoms with Gasteiger partial charge in [-0.25, -0.2) is 9.97 Å². The van der Waals surface area contributed by atoms with Crippen molar-refractivity contribution in [1.82, 2.24) is 14.5 Å². The Hall–Kier alpha value is -2.44. The summed E-state index contributed by atoms with van der Waals surface area (Å²) in [6.07, 6.45) is 1.49. The predicted octanol–water partition coefficient (Wildman–Crippen LogP) is 2.49. The molecular weight excluding hydrogens is 340 g/mol. The number of anilines is 1. The van der Waals surface area contributed by atoms with Gasteiger partial charge in [0.1, 0.15) is 10.5 Å². The lowest BCUT2D eigenvalue weighted by molar-refractivity contribution is 0.122. The lowest BCUT2D eigenvalue weighted by Crippen LogP contribution is -2.36. The summed E-state index contributed by atoms with van der Waals surface area (Å²) in [4.78, 5) is 23.2. The van der Waals surface area contributed by atoms with Crippen LogP contribution in [0.1, 0.15) is 0 Å². The molecule has 1 aromatic carbocycles. The van der Waals surface area contributed by atoms with Crippen molar-refractivity contribution in [2.24, 2.45) is 7.05 Å². The van der Waals surface area contributed by atoms with Gasteiger partial charge in [0.15, 0.2) is 0 Å². The summed E-state index contributed by atoms with van der Waals surface area (Å²) in [5.41, 5.74) is 3.15. The van der Waals surface area contributed by atoms with Crippen LogP contribution >= 0.6 is 11.6 Å². The molecule has 3 aromatic rings. The van der Waals surface area contributed by atoms with Crippen LogP contribution in [0.25, 0.3) is 22.2 Å². The molecule has 0 unspecified atom stereocenters. The van der Waals surface area contributed by atoms with Crippen LogP contribution in [-0.4, -0.2) is 40.8 Å². The Balaban J connectivity index is 1.72. The maximum absolute atomic E-state index is 12.2. The van der Waals surface area contributed by atoms with E-state index in [9.17, 15) is 4.79 Å². The fraction of sp³-hybridized carbons (Fsp3) is 0.278. The molecule has 0 spiro atoms. The largest absolute Gasteiger partial charge is 0.378 e. The number of morpholine rings is 1. The van der Waals surface area contributed by atoms with Gasteiger partial charge in [0, 0.05) is 31.4 Å². The highest BCUT2D eigenvalue weighted by molar-refractivity contribution is 6.34. The van der Waals surface area contributed by atoms with Crippen molar-refractivity contribution in [2.45, 2.75) is 0 Å². The number of nitrogens with zero attached hydrogens (tertiary/aromatic N) is 4. The number of rotatable bonds is 2. The molecule has 4 rings (SSSR count). The minimum atomic E-state index is -0.197. The fourth-order valence-corrected chi connectivity index (χ4v) is 3.26. The van der Waals surface area contributed by atoms with Crippen molar-refractivity contribution in [3.05, 3.63) is 52.2 Å². The third-order valence-corrected chi connectivity index (χ3v) is 4.67. The van der Waals surface area contributed by atoms with Crippen LogP contribution in [0, 0.1) is 0 Å². The smallest absolute Gasteiger partial charge is 0.264 e. The highest BCUT2D eigenvalue weighted by Crippen LogP contribution is 2.26. The summed E-state index contributed by atoms with van der Waals surface area (Å²) in [6.45, 7) is 3.30. The Labute approximate surface area is 149 Å². The van der Waals surface area contributed by atoms with E-state index in [1.807, 2.05) is 12.1 Å². The van der Waals surface area contributed by atoms with Gasteiger partial charge in [-0.15, -0.1) is 0 Å². The van der Waals surface area contributed by atoms with Crippen LogP contribution in [0.3, 0.4) is 0 Å². The minimum Gasteiger partial charge on any atom is -0.378 e. The van der Waals surface area contributed by atoms with Crippen molar-refractivity contribution in [3.63, 3.8) is 0 Å². The highest BCUT2D eigenvalue weighted by Gasteiger charge is 2.13. The molecule has 25 heavy (non-hydrogen) atoms. The number of fused-ring (bicyclic) bond motifs is 1. The third-order valence-electron chi connectivity index (χ3n) is 4.40. The van der Waals surface area contributed by atoms with E-state index in [4.69, 9.17) is 16.3 Å². The number of aromatic nitrogens is 3. The number of pyridine rings is 1. The normalized spacial score (nSPS) is 14.9. The van der Waals surface area contributed by atoms with E-state index >= 15 is 0 Å². The van der Waals surface area contributed by atoms with E-state index in [2.05, 4.69) is 27.0 Å². The summed E-state index contributed by atoms with van der Waals surface area (Å²) in [7, 11) is 1.64. The van der Waals surface area contributed by atoms with E-state index in [1.54, 1.807) is 13.1 Å². The second-order valence-corrected chi connectivity index (χ2v) is 6.36. The molecule has 1 aliphatic heterocycles. The van der Waals surface area contributed by atoms with Gasteiger partial charge in [0.05, 0.1) is 30.8 Å². The Morgan fingerprint density at radius 2 is 1.88 bits per heavy atom. The van der Waals surface area contributed by atoms with Crippen LogP contribution in [0.5, 0.6) is 0 Å². The Morgan fingerprint density at radius 1 is 1.16 bits per heavy atom. The first-order chi connectivity index (χ1) is 12.1. The molecule has 1 saturated heterocycles. The fourth-order valence-electron chi connectivity index (χ4n) is 2.99. The van der Waals surface area contributed by atoms with Crippen LogP contribution in [-0.2, 0) is 11.8 Å². The first-order valence-electron chi connectivity index (χ1n) is 8.08. The molecule has 128 valence electrons. The second-order valence-electron chi connectivity index (χ2n) is 6.00. The molecule has 0 bridgehead atoms. The molecule has 0 saturated carbocycles. The van der Waals surface area contributed by atoms with Crippen molar-refractivity contribution in [3.8, 4) is 11.3 Å². The molecule has 0 radical (unpaired) electrons. The van der Waals surface area contributed by atoms with E-state index in [1.165, 1.54) is 10.9 Å². The standard InChI is InChI=1S/C18H17ClN4O2/c1-22-11-20-15-10-14(21-17(19)16(15)18(22)24)12-2-4-13(5-3-12)23-6-8-25-9-7-23/h2-5,10-11H,6-9H2,1H3. The SMILES string of the molecule is Cn1cnc2cc(-c3ccc(N4CCOCC4)cc3)nc(Cl)c2c1=O. The second kappa shape index (κ2) is 6.46. The summed E-state index contributed by atoms with van der Waals surface area (Å²) in [6, 6.07) is 9.95. The van der Waals surface area contributed by atoms with Crippen molar-refractivity contribution in [2.75, 3.05) is 31.2 Å². The van der Waals surface area contributed by atoms with Gasteiger partial charge in [-0.1, -0.05) is 23.7 Å². The average Bonchev–Trinajstić information content (AvgIpc) is 2.65. The van der Waals surface area contributed by atoms with Crippen molar-refractivity contribution >= 4 is 28.2 Å². The predicted molar refractivity (Wildman–Crippen MR) is 98.3 cm³/mol. The topological polar surface area (TPSA) is 60.3 Å². The number of benzene rings is 1. The highest BCUT2D eigenvalue weighted by atomic mass is 35.5. The lowest BCUT2D eigenvalue weighted by atomic mass is 10.1. The number of aryl methyl sites for hydroxylation is 1. The Kier molecular flexibility index (Phi) is 4.15. The zero-order chi connectivity index (χ0) is 17.4. The van der Waals surface area contributed by atoms with Crippen LogP contribution in [0.4, 0.5) is 5.69 Å². The van der Waals surface area contributed by atoms with Gasteiger partial charge in [0.2, 0.25) is 0 Å². The molecule has 6 nitrogen and oxygen atoms in total. The summed E-state index contributed by atoms with van der Waals surface area (Å²) in [5.74, 6) is 0. The quantitative estimate of drug-likeness (QED) is 0.660.